The number of carboxylic acids is 1. The van der Waals surface area contributed by atoms with Crippen LogP contribution >= 0.6 is 11.3 Å². The zero-order valence-corrected chi connectivity index (χ0v) is 11.1. The average Bonchev–Trinajstić information content (AvgIpc) is 3.05. The van der Waals surface area contributed by atoms with Crippen LogP contribution < -0.4 is 0 Å². The van der Waals surface area contributed by atoms with Gasteiger partial charge in [-0.2, -0.15) is 4.68 Å². The highest BCUT2D eigenvalue weighted by molar-refractivity contribution is 7.13. The fourth-order valence-electron chi connectivity index (χ4n) is 1.70. The van der Waals surface area contributed by atoms with Crippen molar-refractivity contribution in [2.45, 2.75) is 6.92 Å². The number of aromatic carboxylic acids is 1. The first kappa shape index (κ1) is 12.4. The van der Waals surface area contributed by atoms with Crippen LogP contribution in [0.2, 0.25) is 0 Å². The summed E-state index contributed by atoms with van der Waals surface area (Å²) in [4.78, 5) is 15.2. The number of carboxylic acid groups (broad SMARTS) is 1. The first-order chi connectivity index (χ1) is 9.66. The van der Waals surface area contributed by atoms with Crippen molar-refractivity contribution in [3.05, 3.63) is 35.2 Å². The van der Waals surface area contributed by atoms with Gasteiger partial charge >= 0.3 is 5.97 Å². The van der Waals surface area contributed by atoms with Gasteiger partial charge in [-0.1, -0.05) is 16.6 Å². The Morgan fingerprint density at radius 3 is 2.60 bits per heavy atom. The Bertz CT molecular complexity index is 766. The zero-order valence-electron chi connectivity index (χ0n) is 10.3. The van der Waals surface area contributed by atoms with Gasteiger partial charge in [-0.15, -0.1) is 15.3 Å². The van der Waals surface area contributed by atoms with Crippen LogP contribution in [-0.4, -0.2) is 41.3 Å². The molecule has 0 radical (unpaired) electrons. The molecular formula is C11H8N6O2S. The van der Waals surface area contributed by atoms with Gasteiger partial charge < -0.3 is 5.11 Å². The summed E-state index contributed by atoms with van der Waals surface area (Å²) in [5.74, 6) is -1.15. The van der Waals surface area contributed by atoms with Crippen molar-refractivity contribution >= 4 is 17.3 Å². The summed E-state index contributed by atoms with van der Waals surface area (Å²) in [7, 11) is 0. The molecule has 0 saturated heterocycles. The molecule has 9 heteroatoms. The maximum Gasteiger partial charge on any atom is 0.358 e. The molecule has 20 heavy (non-hydrogen) atoms. The SMILES string of the molecule is Cc1nnc(-n2nnc(C(=O)O)c2-c2ccncc2)s1. The minimum Gasteiger partial charge on any atom is -0.476 e. The van der Waals surface area contributed by atoms with E-state index in [9.17, 15) is 9.90 Å². The van der Waals surface area contributed by atoms with Crippen molar-refractivity contribution in [3.63, 3.8) is 0 Å². The molecule has 0 aliphatic carbocycles. The van der Waals surface area contributed by atoms with Gasteiger partial charge in [0, 0.05) is 18.0 Å². The van der Waals surface area contributed by atoms with Crippen LogP contribution in [0.25, 0.3) is 16.4 Å². The maximum absolute atomic E-state index is 11.3. The Hall–Kier alpha value is -2.68. The lowest BCUT2D eigenvalue weighted by atomic mass is 10.1. The van der Waals surface area contributed by atoms with Gasteiger partial charge in [0.05, 0.1) is 0 Å². The van der Waals surface area contributed by atoms with Crippen molar-refractivity contribution in [1.82, 2.24) is 30.2 Å². The van der Waals surface area contributed by atoms with E-state index in [1.54, 1.807) is 24.5 Å². The van der Waals surface area contributed by atoms with Crippen LogP contribution in [-0.2, 0) is 0 Å². The third-order valence-corrected chi connectivity index (χ3v) is 3.34. The number of pyridine rings is 1. The van der Waals surface area contributed by atoms with E-state index in [0.29, 0.717) is 16.4 Å². The van der Waals surface area contributed by atoms with Crippen LogP contribution in [0.1, 0.15) is 15.5 Å². The molecule has 0 atom stereocenters. The molecule has 0 bridgehead atoms. The van der Waals surface area contributed by atoms with Crippen molar-refractivity contribution in [2.24, 2.45) is 0 Å². The predicted octanol–water partition coefficient (Wildman–Crippen LogP) is 1.19. The van der Waals surface area contributed by atoms with Gasteiger partial charge in [-0.05, 0) is 19.1 Å². The van der Waals surface area contributed by atoms with Crippen molar-refractivity contribution in [2.75, 3.05) is 0 Å². The normalized spacial score (nSPS) is 10.7. The highest BCUT2D eigenvalue weighted by atomic mass is 32.1. The molecule has 3 rings (SSSR count). The molecule has 0 saturated carbocycles. The minimum atomic E-state index is -1.15. The second kappa shape index (κ2) is 4.78. The minimum absolute atomic E-state index is 0.135. The summed E-state index contributed by atoms with van der Waals surface area (Å²) in [5, 5.41) is 25.9. The van der Waals surface area contributed by atoms with Crippen molar-refractivity contribution in [3.8, 4) is 16.4 Å². The third-order valence-electron chi connectivity index (χ3n) is 2.52. The highest BCUT2D eigenvalue weighted by Gasteiger charge is 2.23. The predicted molar refractivity (Wildman–Crippen MR) is 69.8 cm³/mol. The number of nitrogens with zero attached hydrogens (tertiary/aromatic N) is 6. The second-order valence-corrected chi connectivity index (χ2v) is 5.00. The number of carbonyl (C=O) groups is 1. The molecule has 0 amide bonds. The molecule has 0 unspecified atom stereocenters. The van der Waals surface area contributed by atoms with Gasteiger partial charge in [-0.25, -0.2) is 4.79 Å². The first-order valence-corrected chi connectivity index (χ1v) is 6.38. The molecule has 0 aliphatic rings. The lowest BCUT2D eigenvalue weighted by molar-refractivity contribution is 0.0691. The van der Waals surface area contributed by atoms with Crippen LogP contribution in [0.4, 0.5) is 0 Å². The summed E-state index contributed by atoms with van der Waals surface area (Å²) in [5.41, 5.74) is 0.871. The molecule has 0 fully saturated rings. The van der Waals surface area contributed by atoms with Gasteiger partial charge in [0.15, 0.2) is 5.69 Å². The van der Waals surface area contributed by atoms with Crippen molar-refractivity contribution < 1.29 is 9.90 Å². The molecule has 3 aromatic rings. The van der Waals surface area contributed by atoms with E-state index in [-0.39, 0.29) is 5.69 Å². The first-order valence-electron chi connectivity index (χ1n) is 5.56. The van der Waals surface area contributed by atoms with Crippen LogP contribution in [0, 0.1) is 6.92 Å². The topological polar surface area (TPSA) is 107 Å². The lowest BCUT2D eigenvalue weighted by Gasteiger charge is -2.03. The van der Waals surface area contributed by atoms with Gasteiger partial charge in [0.25, 0.3) is 0 Å². The van der Waals surface area contributed by atoms with E-state index in [4.69, 9.17) is 0 Å². The summed E-state index contributed by atoms with van der Waals surface area (Å²) in [6.45, 7) is 1.81. The number of hydrogen-bond acceptors (Lipinski definition) is 7. The fraction of sp³-hybridized carbons (Fsp3) is 0.0909. The smallest absolute Gasteiger partial charge is 0.358 e. The van der Waals surface area contributed by atoms with E-state index < -0.39 is 5.97 Å². The van der Waals surface area contributed by atoms with Crippen LogP contribution in [0.5, 0.6) is 0 Å². The monoisotopic (exact) mass is 288 g/mol. The van der Waals surface area contributed by atoms with Crippen molar-refractivity contribution in [1.29, 1.82) is 0 Å². The maximum atomic E-state index is 11.3. The molecule has 3 heterocycles. The zero-order chi connectivity index (χ0) is 14.1. The lowest BCUT2D eigenvalue weighted by Crippen LogP contribution is -2.03. The molecule has 1 N–H and O–H groups in total. The van der Waals surface area contributed by atoms with E-state index >= 15 is 0 Å². The second-order valence-electron chi connectivity index (χ2n) is 3.84. The number of aryl methyl sites for hydroxylation is 1. The van der Waals surface area contributed by atoms with Crippen LogP contribution in [0.3, 0.4) is 0 Å². The summed E-state index contributed by atoms with van der Waals surface area (Å²) < 4.78 is 1.38. The molecule has 3 aromatic heterocycles. The van der Waals surface area contributed by atoms with E-state index in [0.717, 1.165) is 5.01 Å². The summed E-state index contributed by atoms with van der Waals surface area (Å²) >= 11 is 1.30. The number of aromatic nitrogens is 6. The standard InChI is InChI=1S/C11H8N6O2S/c1-6-13-15-11(20-6)17-9(7-2-4-12-5-3-7)8(10(18)19)14-16-17/h2-5H,1H3,(H,18,19). The van der Waals surface area contributed by atoms with Gasteiger partial charge in [-0.3, -0.25) is 4.98 Å². The Morgan fingerprint density at radius 1 is 1.25 bits per heavy atom. The van der Waals surface area contributed by atoms with Crippen LogP contribution in [0.15, 0.2) is 24.5 Å². The summed E-state index contributed by atoms with van der Waals surface area (Å²) in [6, 6.07) is 3.38. The Kier molecular flexibility index (Phi) is 2.95. The third kappa shape index (κ3) is 2.03. The highest BCUT2D eigenvalue weighted by Crippen LogP contribution is 2.25. The number of hydrogen-bond donors (Lipinski definition) is 1. The van der Waals surface area contributed by atoms with E-state index in [1.165, 1.54) is 16.0 Å². The van der Waals surface area contributed by atoms with E-state index in [1.807, 2.05) is 6.92 Å². The molecule has 0 aliphatic heterocycles. The molecular weight excluding hydrogens is 280 g/mol. The fourth-order valence-corrected chi connectivity index (χ4v) is 2.34. The largest absolute Gasteiger partial charge is 0.476 e. The number of rotatable bonds is 3. The van der Waals surface area contributed by atoms with Gasteiger partial charge in [0.2, 0.25) is 5.13 Å². The molecule has 8 nitrogen and oxygen atoms in total. The Balaban J connectivity index is 2.24. The molecule has 100 valence electrons. The molecule has 0 aromatic carbocycles. The average molecular weight is 288 g/mol. The Labute approximate surface area is 116 Å². The van der Waals surface area contributed by atoms with E-state index in [2.05, 4.69) is 25.5 Å². The van der Waals surface area contributed by atoms with Gasteiger partial charge in [0.1, 0.15) is 10.7 Å². The quantitative estimate of drug-likeness (QED) is 0.771. The summed E-state index contributed by atoms with van der Waals surface area (Å²) in [6.07, 6.45) is 3.15. The Morgan fingerprint density at radius 2 is 2.00 bits per heavy atom. The molecule has 0 spiro atoms.